The molecule has 0 fully saturated rings. The molecule has 2 amide bonds. The summed E-state index contributed by atoms with van der Waals surface area (Å²) in [4.78, 5) is 49.3. The fraction of sp³-hybridized carbons (Fsp3) is 0.0303. The van der Waals surface area contributed by atoms with E-state index in [0.717, 1.165) is 22.3 Å². The molecule has 3 N–H and O–H groups in total. The topological polar surface area (TPSA) is 124 Å². The number of benzene rings is 10. The first-order valence-electron chi connectivity index (χ1n) is 24.9. The molecule has 0 unspecified atom stereocenters. The van der Waals surface area contributed by atoms with Gasteiger partial charge in [0.1, 0.15) is 0 Å². The van der Waals surface area contributed by atoms with Crippen molar-refractivity contribution in [2.24, 2.45) is 0 Å². The van der Waals surface area contributed by atoms with Gasteiger partial charge in [-0.1, -0.05) is 194 Å². The first-order chi connectivity index (χ1) is 36.7. The van der Waals surface area contributed by atoms with Gasteiger partial charge < -0.3 is 15.4 Å². The number of nitrogens with one attached hydrogen (secondary N) is 1. The zero-order valence-electron chi connectivity index (χ0n) is 40.0. The number of ketones is 2. The highest BCUT2D eigenvalue weighted by Crippen LogP contribution is 2.64. The van der Waals surface area contributed by atoms with Crippen LogP contribution in [0.25, 0.3) is 44.5 Å². The number of carbonyl (C=O) groups excluding carboxylic acids is 4. The Morgan fingerprint density at radius 1 is 0.347 bits per heavy atom. The lowest BCUT2D eigenvalue weighted by Crippen LogP contribution is -2.32. The maximum atomic E-state index is 13.2. The molecule has 10 aromatic rings. The standard InChI is InChI=1S/C33H19NO2.C25H17BO2.C8H5NO2/c35-31-25-12-4-8-16-30(25)34(32(31)36)20-17-18-24-23-11-3-7-15-28(23)33(29(24)19-20)26-13-5-1-9-21(26)22-10-2-6-14-27(22)33;27-26(28)16-13-14-20-19-9-3-6-12-23(19)25(24(20)15-16)21-10-4-1-7-17(21)18-8-2-5-11-22(18)25;10-7-5-3-1-2-4-6(5)9-8(7)11/h1-19H;1-15,27-28H;1-4H,(H,9,10,11). The van der Waals surface area contributed by atoms with Crippen molar-refractivity contribution in [1.29, 1.82) is 0 Å². The molecule has 8 nitrogen and oxygen atoms in total. The van der Waals surface area contributed by atoms with Gasteiger partial charge in [-0.15, -0.1) is 0 Å². The third kappa shape index (κ3) is 6.02. The first-order valence-corrected chi connectivity index (χ1v) is 24.9. The fourth-order valence-corrected chi connectivity index (χ4v) is 13.0. The predicted octanol–water partition coefficient (Wildman–Crippen LogP) is 11.4. The molecule has 0 aromatic heterocycles. The van der Waals surface area contributed by atoms with Gasteiger partial charge in [-0.05, 0) is 131 Å². The number of nitrogens with zero attached hydrogens (tertiary/aromatic N) is 1. The highest BCUT2D eigenvalue weighted by molar-refractivity contribution is 6.58. The van der Waals surface area contributed by atoms with E-state index in [1.807, 2.05) is 36.4 Å². The number of para-hydroxylation sites is 2. The quantitative estimate of drug-likeness (QED) is 0.117. The lowest BCUT2D eigenvalue weighted by Gasteiger charge is -2.31. The molecule has 9 heteroatoms. The van der Waals surface area contributed by atoms with Gasteiger partial charge in [0.25, 0.3) is 17.5 Å². The van der Waals surface area contributed by atoms with Crippen LogP contribution in [0.2, 0.25) is 0 Å². The summed E-state index contributed by atoms with van der Waals surface area (Å²) < 4.78 is 0. The van der Waals surface area contributed by atoms with E-state index in [-0.39, 0.29) is 0 Å². The van der Waals surface area contributed by atoms with Crippen LogP contribution in [0.4, 0.5) is 17.1 Å². The van der Waals surface area contributed by atoms with E-state index >= 15 is 0 Å². The highest BCUT2D eigenvalue weighted by Gasteiger charge is 2.53. The van der Waals surface area contributed by atoms with E-state index in [1.54, 1.807) is 41.3 Å². The van der Waals surface area contributed by atoms with Crippen molar-refractivity contribution in [2.75, 3.05) is 10.2 Å². The average molecular weight is 969 g/mol. The average Bonchev–Trinajstić information content (AvgIpc) is 4.30. The molecule has 2 heterocycles. The number of carbonyl (C=O) groups is 4. The minimum absolute atomic E-state index is 0.427. The maximum absolute atomic E-state index is 13.2. The van der Waals surface area contributed by atoms with Gasteiger partial charge in [0.15, 0.2) is 0 Å². The molecule has 0 atom stereocenters. The third-order valence-electron chi connectivity index (χ3n) is 16.0. The molecule has 10 aromatic carbocycles. The molecular weight excluding hydrogens is 928 g/mol. The van der Waals surface area contributed by atoms with Crippen molar-refractivity contribution in [3.05, 3.63) is 286 Å². The van der Waals surface area contributed by atoms with Crippen LogP contribution in [-0.4, -0.2) is 40.5 Å². The summed E-state index contributed by atoms with van der Waals surface area (Å²) in [5, 5.41) is 22.2. The van der Waals surface area contributed by atoms with Gasteiger partial charge in [0.05, 0.1) is 33.3 Å². The van der Waals surface area contributed by atoms with Gasteiger partial charge in [-0.25, -0.2) is 0 Å². The Morgan fingerprint density at radius 3 is 1.15 bits per heavy atom. The van der Waals surface area contributed by atoms with E-state index in [0.29, 0.717) is 33.7 Å². The molecule has 0 saturated heterocycles. The van der Waals surface area contributed by atoms with Crippen molar-refractivity contribution < 1.29 is 29.2 Å². The molecule has 75 heavy (non-hydrogen) atoms. The zero-order valence-corrected chi connectivity index (χ0v) is 40.0. The van der Waals surface area contributed by atoms with Crippen LogP contribution >= 0.6 is 0 Å². The van der Waals surface area contributed by atoms with E-state index in [9.17, 15) is 29.2 Å². The lowest BCUT2D eigenvalue weighted by molar-refractivity contribution is -0.113. The highest BCUT2D eigenvalue weighted by atomic mass is 16.4. The summed E-state index contributed by atoms with van der Waals surface area (Å²) >= 11 is 0. The minimum Gasteiger partial charge on any atom is -0.423 e. The molecule has 2 aliphatic heterocycles. The number of hydrogen-bond acceptors (Lipinski definition) is 6. The van der Waals surface area contributed by atoms with Crippen molar-refractivity contribution in [3.8, 4) is 44.5 Å². The van der Waals surface area contributed by atoms with Gasteiger partial charge in [0, 0.05) is 5.69 Å². The maximum Gasteiger partial charge on any atom is 0.488 e. The summed E-state index contributed by atoms with van der Waals surface area (Å²) in [6, 6.07) is 77.7. The molecule has 4 aliphatic carbocycles. The SMILES string of the molecule is O=C1C(=O)N(c2ccc3c(c2)C2(c4ccccc4-c4ccccc42)c2ccccc2-3)c2ccccc21.O=C1Nc2ccccc2C1=O.OB(O)c1ccc2c(c1)C1(c3ccccc3-c3ccccc31)c1ccccc1-2. The molecule has 16 rings (SSSR count). The molecule has 2 spiro atoms. The second kappa shape index (κ2) is 16.5. The Balaban J connectivity index is 0.000000117. The van der Waals surface area contributed by atoms with Crippen LogP contribution in [0.5, 0.6) is 0 Å². The van der Waals surface area contributed by atoms with Crippen LogP contribution in [0.1, 0.15) is 65.2 Å². The van der Waals surface area contributed by atoms with Crippen molar-refractivity contribution in [1.82, 2.24) is 0 Å². The van der Waals surface area contributed by atoms with Crippen LogP contribution in [0.15, 0.2) is 231 Å². The van der Waals surface area contributed by atoms with Crippen LogP contribution < -0.4 is 15.7 Å². The van der Waals surface area contributed by atoms with Gasteiger partial charge >= 0.3 is 13.0 Å². The Hall–Kier alpha value is -9.54. The summed E-state index contributed by atoms with van der Waals surface area (Å²) in [7, 11) is -1.49. The lowest BCUT2D eigenvalue weighted by atomic mass is 9.68. The normalized spacial score (nSPS) is 14.9. The third-order valence-corrected chi connectivity index (χ3v) is 16.0. The van der Waals surface area contributed by atoms with Crippen LogP contribution in [0, 0.1) is 0 Å². The number of fused-ring (bicyclic) bond motifs is 22. The van der Waals surface area contributed by atoms with Gasteiger partial charge in [-0.3, -0.25) is 24.1 Å². The van der Waals surface area contributed by atoms with Crippen molar-refractivity contribution >= 4 is 53.0 Å². The number of amides is 2. The smallest absolute Gasteiger partial charge is 0.423 e. The van der Waals surface area contributed by atoms with Crippen LogP contribution in [0.3, 0.4) is 0 Å². The largest absolute Gasteiger partial charge is 0.488 e. The van der Waals surface area contributed by atoms with E-state index in [2.05, 4.69) is 163 Å². The molecule has 0 radical (unpaired) electrons. The van der Waals surface area contributed by atoms with Crippen LogP contribution in [-0.2, 0) is 20.4 Å². The first kappa shape index (κ1) is 44.2. The number of Topliss-reactive ketones (excluding diaryl/α,β-unsaturated/α-hetero) is 2. The van der Waals surface area contributed by atoms with E-state index in [1.165, 1.54) is 66.8 Å². The second-order valence-electron chi connectivity index (χ2n) is 19.5. The van der Waals surface area contributed by atoms with E-state index in [4.69, 9.17) is 0 Å². The zero-order chi connectivity index (χ0) is 50.7. The molecule has 0 bridgehead atoms. The molecular formula is C66H41BN2O6. The number of anilines is 3. The number of rotatable bonds is 2. The molecule has 354 valence electrons. The van der Waals surface area contributed by atoms with E-state index < -0.39 is 41.3 Å². The molecule has 0 saturated carbocycles. The predicted molar refractivity (Wildman–Crippen MR) is 293 cm³/mol. The monoisotopic (exact) mass is 968 g/mol. The minimum atomic E-state index is -1.49. The van der Waals surface area contributed by atoms with Crippen molar-refractivity contribution in [3.63, 3.8) is 0 Å². The Morgan fingerprint density at radius 2 is 0.707 bits per heavy atom. The van der Waals surface area contributed by atoms with Crippen molar-refractivity contribution in [2.45, 2.75) is 10.8 Å². The number of hydrogen-bond donors (Lipinski definition) is 3. The van der Waals surface area contributed by atoms with Gasteiger partial charge in [-0.2, -0.15) is 0 Å². The Kier molecular flexibility index (Phi) is 9.72. The summed E-state index contributed by atoms with van der Waals surface area (Å²) in [5.41, 5.74) is 22.0. The Bertz CT molecular complexity index is 4030. The van der Waals surface area contributed by atoms with Gasteiger partial charge in [0.2, 0.25) is 0 Å². The fourth-order valence-electron chi connectivity index (χ4n) is 13.0. The Labute approximate surface area is 432 Å². The summed E-state index contributed by atoms with van der Waals surface area (Å²) in [5.74, 6) is -1.94. The summed E-state index contributed by atoms with van der Waals surface area (Å²) in [6.45, 7) is 0. The molecule has 6 aliphatic rings. The second-order valence-corrected chi connectivity index (χ2v) is 19.5. The summed E-state index contributed by atoms with van der Waals surface area (Å²) in [6.07, 6.45) is 0.